The van der Waals surface area contributed by atoms with E-state index in [2.05, 4.69) is 76.2 Å². The van der Waals surface area contributed by atoms with Crippen molar-refractivity contribution in [2.45, 2.75) is 46.5 Å². The maximum Gasteiger partial charge on any atom is -0.0152 e. The molecule has 2 aromatic rings. The van der Waals surface area contributed by atoms with E-state index in [0.717, 1.165) is 6.42 Å². The molecule has 0 aliphatic carbocycles. The van der Waals surface area contributed by atoms with Crippen LogP contribution in [0.1, 0.15) is 51.2 Å². The van der Waals surface area contributed by atoms with Crippen LogP contribution in [0.2, 0.25) is 0 Å². The van der Waals surface area contributed by atoms with Gasteiger partial charge in [-0.2, -0.15) is 0 Å². The molecule has 1 unspecified atom stereocenters. The molecule has 0 saturated carbocycles. The molecule has 2 aromatic carbocycles. The highest BCUT2D eigenvalue weighted by Crippen LogP contribution is 2.28. The van der Waals surface area contributed by atoms with Crippen LogP contribution in [0.25, 0.3) is 11.1 Å². The molecule has 0 saturated heterocycles. The summed E-state index contributed by atoms with van der Waals surface area (Å²) < 4.78 is 0. The SMILES string of the molecule is CCC(C)c1ccc(-c2ccccc2CC(C)C)cc1. The summed E-state index contributed by atoms with van der Waals surface area (Å²) in [6, 6.07) is 17.9. The Morgan fingerprint density at radius 2 is 1.50 bits per heavy atom. The fourth-order valence-corrected chi connectivity index (χ4v) is 2.65. The quantitative estimate of drug-likeness (QED) is 0.616. The predicted octanol–water partition coefficient (Wildman–Crippen LogP) is 6.07. The lowest BCUT2D eigenvalue weighted by Crippen LogP contribution is -1.97. The van der Waals surface area contributed by atoms with Crippen molar-refractivity contribution in [3.63, 3.8) is 0 Å². The number of benzene rings is 2. The molecule has 20 heavy (non-hydrogen) atoms. The highest BCUT2D eigenvalue weighted by atomic mass is 14.1. The normalized spacial score (nSPS) is 12.7. The second-order valence-corrected chi connectivity index (χ2v) is 6.19. The highest BCUT2D eigenvalue weighted by molar-refractivity contribution is 5.67. The van der Waals surface area contributed by atoms with E-state index in [0.29, 0.717) is 11.8 Å². The number of hydrogen-bond acceptors (Lipinski definition) is 0. The lowest BCUT2D eigenvalue weighted by molar-refractivity contribution is 0.648. The van der Waals surface area contributed by atoms with Crippen molar-refractivity contribution < 1.29 is 0 Å². The van der Waals surface area contributed by atoms with E-state index >= 15 is 0 Å². The van der Waals surface area contributed by atoms with Gasteiger partial charge in [0.1, 0.15) is 0 Å². The van der Waals surface area contributed by atoms with E-state index in [1.807, 2.05) is 0 Å². The average Bonchev–Trinajstić information content (AvgIpc) is 2.46. The van der Waals surface area contributed by atoms with Crippen LogP contribution in [-0.2, 0) is 6.42 Å². The Bertz CT molecular complexity index is 534. The Balaban J connectivity index is 2.32. The van der Waals surface area contributed by atoms with Crippen molar-refractivity contribution in [1.82, 2.24) is 0 Å². The summed E-state index contributed by atoms with van der Waals surface area (Å²) in [6.45, 7) is 9.10. The predicted molar refractivity (Wildman–Crippen MR) is 89.1 cm³/mol. The first kappa shape index (κ1) is 14.8. The van der Waals surface area contributed by atoms with Crippen LogP contribution in [0.3, 0.4) is 0 Å². The second kappa shape index (κ2) is 6.74. The first-order valence-corrected chi connectivity index (χ1v) is 7.80. The van der Waals surface area contributed by atoms with Gasteiger partial charge < -0.3 is 0 Å². The molecule has 0 heteroatoms. The van der Waals surface area contributed by atoms with Crippen LogP contribution in [0, 0.1) is 5.92 Å². The van der Waals surface area contributed by atoms with Crippen molar-refractivity contribution in [3.05, 3.63) is 59.7 Å². The molecule has 0 aliphatic heterocycles. The first-order valence-electron chi connectivity index (χ1n) is 7.80. The van der Waals surface area contributed by atoms with Crippen LogP contribution in [0.4, 0.5) is 0 Å². The van der Waals surface area contributed by atoms with E-state index in [9.17, 15) is 0 Å². The summed E-state index contributed by atoms with van der Waals surface area (Å²) in [4.78, 5) is 0. The highest BCUT2D eigenvalue weighted by Gasteiger charge is 2.07. The Morgan fingerprint density at radius 1 is 0.850 bits per heavy atom. The molecule has 0 amide bonds. The molecule has 0 nitrogen and oxygen atoms in total. The average molecular weight is 266 g/mol. The van der Waals surface area contributed by atoms with E-state index in [-0.39, 0.29) is 0 Å². The van der Waals surface area contributed by atoms with Crippen LogP contribution >= 0.6 is 0 Å². The van der Waals surface area contributed by atoms with Gasteiger partial charge >= 0.3 is 0 Å². The minimum Gasteiger partial charge on any atom is -0.0648 e. The van der Waals surface area contributed by atoms with Crippen molar-refractivity contribution in [1.29, 1.82) is 0 Å². The smallest absolute Gasteiger partial charge is 0.0152 e. The topological polar surface area (TPSA) is 0 Å². The van der Waals surface area contributed by atoms with Crippen LogP contribution < -0.4 is 0 Å². The Morgan fingerprint density at radius 3 is 2.10 bits per heavy atom. The van der Waals surface area contributed by atoms with E-state index in [4.69, 9.17) is 0 Å². The van der Waals surface area contributed by atoms with Gasteiger partial charge in [0, 0.05) is 0 Å². The van der Waals surface area contributed by atoms with Gasteiger partial charge in [0.25, 0.3) is 0 Å². The summed E-state index contributed by atoms with van der Waals surface area (Å²) in [7, 11) is 0. The molecule has 0 radical (unpaired) electrons. The molecule has 0 heterocycles. The van der Waals surface area contributed by atoms with Gasteiger partial charge in [0.15, 0.2) is 0 Å². The summed E-state index contributed by atoms with van der Waals surface area (Å²) in [5.74, 6) is 1.34. The largest absolute Gasteiger partial charge is 0.0648 e. The number of hydrogen-bond donors (Lipinski definition) is 0. The zero-order valence-corrected chi connectivity index (χ0v) is 13.2. The van der Waals surface area contributed by atoms with Gasteiger partial charge in [0.2, 0.25) is 0 Å². The minimum atomic E-state index is 0.648. The van der Waals surface area contributed by atoms with E-state index in [1.54, 1.807) is 0 Å². The molecule has 106 valence electrons. The molecule has 1 atom stereocenters. The second-order valence-electron chi connectivity index (χ2n) is 6.19. The fourth-order valence-electron chi connectivity index (χ4n) is 2.65. The monoisotopic (exact) mass is 266 g/mol. The van der Waals surface area contributed by atoms with Crippen LogP contribution in [-0.4, -0.2) is 0 Å². The van der Waals surface area contributed by atoms with Crippen molar-refractivity contribution in [2.75, 3.05) is 0 Å². The molecular formula is C20H26. The summed E-state index contributed by atoms with van der Waals surface area (Å²) >= 11 is 0. The molecule has 2 rings (SSSR count). The van der Waals surface area contributed by atoms with Crippen LogP contribution in [0.15, 0.2) is 48.5 Å². The lowest BCUT2D eigenvalue weighted by Gasteiger charge is -2.13. The molecule has 0 bridgehead atoms. The fraction of sp³-hybridized carbons (Fsp3) is 0.400. The zero-order valence-electron chi connectivity index (χ0n) is 13.2. The van der Waals surface area contributed by atoms with Gasteiger partial charge in [-0.3, -0.25) is 0 Å². The first-order chi connectivity index (χ1) is 9.61. The molecule has 0 aromatic heterocycles. The van der Waals surface area contributed by atoms with Gasteiger partial charge in [-0.15, -0.1) is 0 Å². The molecule has 0 N–H and O–H groups in total. The molecule has 0 spiro atoms. The summed E-state index contributed by atoms with van der Waals surface area (Å²) in [5, 5.41) is 0. The molecular weight excluding hydrogens is 240 g/mol. The number of rotatable bonds is 5. The van der Waals surface area contributed by atoms with Crippen molar-refractivity contribution >= 4 is 0 Å². The summed E-state index contributed by atoms with van der Waals surface area (Å²) in [5.41, 5.74) is 5.63. The van der Waals surface area contributed by atoms with Crippen molar-refractivity contribution in [3.8, 4) is 11.1 Å². The standard InChI is InChI=1S/C20H26/c1-5-16(4)17-10-12-18(13-11-17)20-9-7-6-8-19(20)14-15(2)3/h6-13,15-16H,5,14H2,1-4H3. The Labute approximate surface area is 123 Å². The third-order valence-electron chi connectivity index (χ3n) is 4.05. The zero-order chi connectivity index (χ0) is 14.5. The maximum atomic E-state index is 2.29. The van der Waals surface area contributed by atoms with Crippen molar-refractivity contribution in [2.24, 2.45) is 5.92 Å². The summed E-state index contributed by atoms with van der Waals surface area (Å²) in [6.07, 6.45) is 2.34. The van der Waals surface area contributed by atoms with Gasteiger partial charge in [0.05, 0.1) is 0 Å². The van der Waals surface area contributed by atoms with E-state index in [1.165, 1.54) is 28.7 Å². The van der Waals surface area contributed by atoms with Gasteiger partial charge in [-0.1, -0.05) is 76.2 Å². The Hall–Kier alpha value is -1.56. The lowest BCUT2D eigenvalue weighted by atomic mass is 9.91. The van der Waals surface area contributed by atoms with Gasteiger partial charge in [-0.05, 0) is 46.9 Å². The molecule has 0 aliphatic rings. The molecule has 0 fully saturated rings. The Kier molecular flexibility index (Phi) is 5.00. The minimum absolute atomic E-state index is 0.648. The third-order valence-corrected chi connectivity index (χ3v) is 4.05. The maximum absolute atomic E-state index is 2.29. The van der Waals surface area contributed by atoms with Crippen LogP contribution in [0.5, 0.6) is 0 Å². The third kappa shape index (κ3) is 3.50. The van der Waals surface area contributed by atoms with Gasteiger partial charge in [-0.25, -0.2) is 0 Å². The van der Waals surface area contributed by atoms with E-state index < -0.39 is 0 Å².